The Balaban J connectivity index is 2.41. The van der Waals surface area contributed by atoms with E-state index < -0.39 is 14.9 Å². The Morgan fingerprint density at radius 3 is 2.28 bits per heavy atom. The van der Waals surface area contributed by atoms with Crippen LogP contribution in [0.15, 0.2) is 52.5 Å². The van der Waals surface area contributed by atoms with Crippen LogP contribution in [0.2, 0.25) is 0 Å². The summed E-state index contributed by atoms with van der Waals surface area (Å²) in [6, 6.07) is 10.1. The van der Waals surface area contributed by atoms with Crippen LogP contribution >= 0.6 is 0 Å². The summed E-state index contributed by atoms with van der Waals surface area (Å²) in [7, 11) is -3.82. The minimum Gasteiger partial charge on any atom is -0.508 e. The van der Waals surface area contributed by atoms with E-state index in [1.165, 1.54) is 28.6 Å². The van der Waals surface area contributed by atoms with Gasteiger partial charge in [-0.15, -0.1) is 0 Å². The molecule has 0 saturated heterocycles. The predicted molar refractivity (Wildman–Crippen MR) is 112 cm³/mol. The molecule has 0 unspecified atom stereocenters. The van der Waals surface area contributed by atoms with Crippen LogP contribution in [0, 0.1) is 10.1 Å². The topological polar surface area (TPSA) is 125 Å². The SMILES string of the molecule is CCC(=NNc1ccc(S(=O)(=O)N(CC)CC)cc1[N+](=O)[O-])c1ccc(O)cc1. The van der Waals surface area contributed by atoms with Gasteiger partial charge in [0, 0.05) is 19.2 Å². The van der Waals surface area contributed by atoms with Crippen LogP contribution in [0.4, 0.5) is 11.4 Å². The third-order valence-corrected chi connectivity index (χ3v) is 6.40. The van der Waals surface area contributed by atoms with Crippen molar-refractivity contribution in [3.8, 4) is 5.75 Å². The summed E-state index contributed by atoms with van der Waals surface area (Å²) < 4.78 is 26.5. The molecule has 9 nitrogen and oxygen atoms in total. The van der Waals surface area contributed by atoms with Gasteiger partial charge in [-0.3, -0.25) is 15.5 Å². The zero-order chi connectivity index (χ0) is 21.6. The molecule has 0 atom stereocenters. The Hall–Kier alpha value is -2.98. The molecule has 29 heavy (non-hydrogen) atoms. The number of nitro groups is 1. The van der Waals surface area contributed by atoms with Crippen molar-refractivity contribution in [1.82, 2.24) is 4.31 Å². The first-order chi connectivity index (χ1) is 13.7. The molecule has 0 bridgehead atoms. The lowest BCUT2D eigenvalue weighted by Gasteiger charge is -2.18. The van der Waals surface area contributed by atoms with Gasteiger partial charge in [0.05, 0.1) is 15.5 Å². The third kappa shape index (κ3) is 5.09. The van der Waals surface area contributed by atoms with Crippen molar-refractivity contribution in [3.63, 3.8) is 0 Å². The fourth-order valence-electron chi connectivity index (χ4n) is 2.76. The smallest absolute Gasteiger partial charge is 0.295 e. The van der Waals surface area contributed by atoms with E-state index in [2.05, 4.69) is 10.5 Å². The van der Waals surface area contributed by atoms with Crippen LogP contribution in [0.1, 0.15) is 32.8 Å². The second-order valence-electron chi connectivity index (χ2n) is 6.10. The molecule has 0 radical (unpaired) electrons. The summed E-state index contributed by atoms with van der Waals surface area (Å²) >= 11 is 0. The molecule has 2 rings (SSSR count). The highest BCUT2D eigenvalue weighted by Crippen LogP contribution is 2.29. The summed E-state index contributed by atoms with van der Waals surface area (Å²) in [5.74, 6) is 0.123. The van der Waals surface area contributed by atoms with Gasteiger partial charge in [0.1, 0.15) is 11.4 Å². The molecular weight excluding hydrogens is 396 g/mol. The number of rotatable bonds is 9. The number of phenolic OH excluding ortho intramolecular Hbond substituents is 1. The molecule has 0 fully saturated rings. The number of benzene rings is 2. The minimum atomic E-state index is -3.82. The summed E-state index contributed by atoms with van der Waals surface area (Å²) in [4.78, 5) is 10.7. The summed E-state index contributed by atoms with van der Waals surface area (Å²) in [5, 5.41) is 25.1. The minimum absolute atomic E-state index is 0.0817. The van der Waals surface area contributed by atoms with Crippen LogP contribution < -0.4 is 5.43 Å². The van der Waals surface area contributed by atoms with Gasteiger partial charge in [-0.1, -0.05) is 20.8 Å². The molecule has 0 aliphatic rings. The molecule has 2 aromatic rings. The lowest BCUT2D eigenvalue weighted by atomic mass is 10.1. The van der Waals surface area contributed by atoms with Crippen molar-refractivity contribution in [1.29, 1.82) is 0 Å². The lowest BCUT2D eigenvalue weighted by molar-refractivity contribution is -0.384. The number of sulfonamides is 1. The monoisotopic (exact) mass is 420 g/mol. The van der Waals surface area contributed by atoms with E-state index >= 15 is 0 Å². The van der Waals surface area contributed by atoms with Gasteiger partial charge in [0.2, 0.25) is 10.0 Å². The maximum absolute atomic E-state index is 12.6. The van der Waals surface area contributed by atoms with Crippen LogP contribution in [0.25, 0.3) is 0 Å². The Kier molecular flexibility index (Phi) is 7.29. The van der Waals surface area contributed by atoms with Gasteiger partial charge in [0.15, 0.2) is 0 Å². The Morgan fingerprint density at radius 1 is 1.14 bits per heavy atom. The van der Waals surface area contributed by atoms with E-state index in [1.54, 1.807) is 26.0 Å². The second kappa shape index (κ2) is 9.48. The molecule has 0 aliphatic heterocycles. The molecule has 2 N–H and O–H groups in total. The van der Waals surface area contributed by atoms with Gasteiger partial charge in [-0.25, -0.2) is 8.42 Å². The van der Waals surface area contributed by atoms with E-state index in [4.69, 9.17) is 0 Å². The van der Waals surface area contributed by atoms with E-state index in [0.717, 1.165) is 11.6 Å². The van der Waals surface area contributed by atoms with Gasteiger partial charge in [-0.05, 0) is 48.4 Å². The van der Waals surface area contributed by atoms with E-state index in [-0.39, 0.29) is 35.1 Å². The number of hydrazone groups is 1. The predicted octanol–water partition coefficient (Wildman–Crippen LogP) is 3.56. The zero-order valence-corrected chi connectivity index (χ0v) is 17.3. The van der Waals surface area contributed by atoms with E-state index in [0.29, 0.717) is 12.1 Å². The number of aromatic hydroxyl groups is 1. The first-order valence-corrected chi connectivity index (χ1v) is 10.6. The second-order valence-corrected chi connectivity index (χ2v) is 8.03. The van der Waals surface area contributed by atoms with E-state index in [9.17, 15) is 23.6 Å². The van der Waals surface area contributed by atoms with Gasteiger partial charge in [-0.2, -0.15) is 9.41 Å². The third-order valence-electron chi connectivity index (χ3n) is 4.36. The van der Waals surface area contributed by atoms with Crippen LogP contribution in [-0.2, 0) is 10.0 Å². The normalized spacial score (nSPS) is 12.2. The molecule has 156 valence electrons. The number of nitro benzene ring substituents is 1. The van der Waals surface area contributed by atoms with Crippen molar-refractivity contribution in [2.24, 2.45) is 5.10 Å². The number of hydrogen-bond acceptors (Lipinski definition) is 7. The van der Waals surface area contributed by atoms with Crippen LogP contribution in [0.5, 0.6) is 5.75 Å². The highest BCUT2D eigenvalue weighted by molar-refractivity contribution is 7.89. The average molecular weight is 420 g/mol. The largest absolute Gasteiger partial charge is 0.508 e. The first-order valence-electron chi connectivity index (χ1n) is 9.15. The molecule has 2 aromatic carbocycles. The quantitative estimate of drug-likeness (QED) is 0.363. The molecule has 0 spiro atoms. The Morgan fingerprint density at radius 2 is 1.76 bits per heavy atom. The van der Waals surface area contributed by atoms with Gasteiger partial charge < -0.3 is 5.11 Å². The Bertz CT molecular complexity index is 1000. The highest BCUT2D eigenvalue weighted by Gasteiger charge is 2.25. The Labute approximate surface area is 169 Å². The molecule has 0 saturated carbocycles. The van der Waals surface area contributed by atoms with Crippen molar-refractivity contribution in [2.75, 3.05) is 18.5 Å². The van der Waals surface area contributed by atoms with Crippen molar-refractivity contribution in [2.45, 2.75) is 32.1 Å². The van der Waals surface area contributed by atoms with Crippen LogP contribution in [-0.4, -0.2) is 41.6 Å². The number of anilines is 1. The van der Waals surface area contributed by atoms with E-state index in [1.807, 2.05) is 6.92 Å². The molecule has 0 heterocycles. The highest BCUT2D eigenvalue weighted by atomic mass is 32.2. The summed E-state index contributed by atoms with van der Waals surface area (Å²) in [6.45, 7) is 5.82. The maximum atomic E-state index is 12.6. The molecular formula is C19H24N4O5S. The lowest BCUT2D eigenvalue weighted by Crippen LogP contribution is -2.30. The molecule has 0 aliphatic carbocycles. The average Bonchev–Trinajstić information content (AvgIpc) is 2.70. The van der Waals surface area contributed by atoms with Crippen molar-refractivity contribution < 1.29 is 18.4 Å². The fourth-order valence-corrected chi connectivity index (χ4v) is 4.24. The van der Waals surface area contributed by atoms with Crippen molar-refractivity contribution >= 4 is 27.1 Å². The fraction of sp³-hybridized carbons (Fsp3) is 0.316. The number of phenols is 1. The zero-order valence-electron chi connectivity index (χ0n) is 16.5. The summed E-state index contributed by atoms with van der Waals surface area (Å²) in [6.07, 6.45) is 0.542. The number of nitrogens with zero attached hydrogens (tertiary/aromatic N) is 3. The molecule has 10 heteroatoms. The van der Waals surface area contributed by atoms with Gasteiger partial charge in [0.25, 0.3) is 5.69 Å². The van der Waals surface area contributed by atoms with Gasteiger partial charge >= 0.3 is 0 Å². The molecule has 0 amide bonds. The van der Waals surface area contributed by atoms with Crippen molar-refractivity contribution in [3.05, 3.63) is 58.1 Å². The van der Waals surface area contributed by atoms with Crippen LogP contribution in [0.3, 0.4) is 0 Å². The number of hydrogen-bond donors (Lipinski definition) is 2. The number of nitrogens with one attached hydrogen (secondary N) is 1. The maximum Gasteiger partial charge on any atom is 0.295 e. The first kappa shape index (κ1) is 22.3. The summed E-state index contributed by atoms with van der Waals surface area (Å²) in [5.41, 5.74) is 3.74. The standard InChI is InChI=1S/C19H24N4O5S/c1-4-17(14-7-9-15(24)10-8-14)20-21-18-12-11-16(13-19(18)23(25)26)29(27,28)22(5-2)6-3/h7-13,21,24H,4-6H2,1-3H3. The molecule has 0 aromatic heterocycles.